The summed E-state index contributed by atoms with van der Waals surface area (Å²) in [7, 11) is 1.63. The van der Waals surface area contributed by atoms with E-state index in [1.165, 1.54) is 12.8 Å². The van der Waals surface area contributed by atoms with Crippen LogP contribution in [0.2, 0.25) is 0 Å². The molecule has 0 amide bonds. The van der Waals surface area contributed by atoms with Gasteiger partial charge in [-0.2, -0.15) is 4.98 Å². The van der Waals surface area contributed by atoms with Crippen LogP contribution in [0.1, 0.15) is 26.2 Å². The monoisotopic (exact) mass is 328 g/mol. The van der Waals surface area contributed by atoms with Gasteiger partial charge in [0.15, 0.2) is 0 Å². The van der Waals surface area contributed by atoms with Crippen LogP contribution in [0.5, 0.6) is 5.88 Å². The largest absolute Gasteiger partial charge is 0.480 e. The van der Waals surface area contributed by atoms with E-state index in [2.05, 4.69) is 43.0 Å². The third-order valence-corrected chi connectivity index (χ3v) is 3.88. The molecule has 5 nitrogen and oxygen atoms in total. The molecule has 1 aliphatic rings. The van der Waals surface area contributed by atoms with Crippen LogP contribution in [0.25, 0.3) is 0 Å². The molecule has 0 radical (unpaired) electrons. The normalized spacial score (nSPS) is 18.9. The average Bonchev–Trinajstić information content (AvgIpc) is 2.88. The van der Waals surface area contributed by atoms with Crippen LogP contribution in [0.4, 0.5) is 5.95 Å². The summed E-state index contributed by atoms with van der Waals surface area (Å²) >= 11 is 3.38. The molecule has 1 saturated heterocycles. The number of nitrogens with one attached hydrogen (secondary N) is 1. The Morgan fingerprint density at radius 3 is 3.16 bits per heavy atom. The molecular formula is C13H21BrN4O. The highest BCUT2D eigenvalue weighted by atomic mass is 79.9. The molecule has 106 valence electrons. The number of rotatable bonds is 6. The lowest BCUT2D eigenvalue weighted by Gasteiger charge is -2.25. The summed E-state index contributed by atoms with van der Waals surface area (Å²) in [5, 5.41) is 3.48. The first-order valence-electron chi connectivity index (χ1n) is 6.80. The highest BCUT2D eigenvalue weighted by Gasteiger charge is 2.26. The number of hydrogen-bond donors (Lipinski definition) is 1. The van der Waals surface area contributed by atoms with Gasteiger partial charge in [-0.3, -0.25) is 0 Å². The molecule has 6 heteroatoms. The standard InChI is InChI=1S/C13H21BrN4O/c1-3-6-15-8-10-5-4-7-18(10)13-16-9-11(14)12(17-13)19-2/h9-10,15H,3-8H2,1-2H3. The van der Waals surface area contributed by atoms with Crippen molar-refractivity contribution in [1.29, 1.82) is 0 Å². The van der Waals surface area contributed by atoms with Crippen LogP contribution in [-0.2, 0) is 0 Å². The summed E-state index contributed by atoms with van der Waals surface area (Å²) in [6.45, 7) is 5.26. The van der Waals surface area contributed by atoms with Crippen LogP contribution in [0.15, 0.2) is 10.7 Å². The summed E-state index contributed by atoms with van der Waals surface area (Å²) in [6.07, 6.45) is 5.31. The smallest absolute Gasteiger partial charge is 0.232 e. The number of nitrogens with zero attached hydrogens (tertiary/aromatic N) is 3. The molecule has 0 saturated carbocycles. The van der Waals surface area contributed by atoms with Gasteiger partial charge in [-0.15, -0.1) is 0 Å². The second-order valence-electron chi connectivity index (χ2n) is 4.72. The summed E-state index contributed by atoms with van der Waals surface area (Å²) in [5.41, 5.74) is 0. The van der Waals surface area contributed by atoms with Crippen molar-refractivity contribution in [3.63, 3.8) is 0 Å². The molecule has 0 aromatic carbocycles. The van der Waals surface area contributed by atoms with E-state index in [1.807, 2.05) is 0 Å². The van der Waals surface area contributed by atoms with Crippen molar-refractivity contribution in [3.8, 4) is 5.88 Å². The molecule has 0 spiro atoms. The molecule has 0 aliphatic carbocycles. The summed E-state index contributed by atoms with van der Waals surface area (Å²) < 4.78 is 6.03. The maximum atomic E-state index is 5.24. The van der Waals surface area contributed by atoms with Gasteiger partial charge in [0.25, 0.3) is 0 Å². The quantitative estimate of drug-likeness (QED) is 0.811. The Balaban J connectivity index is 2.06. The molecule has 1 N–H and O–H groups in total. The predicted molar refractivity (Wildman–Crippen MR) is 79.8 cm³/mol. The SMILES string of the molecule is CCCNCC1CCCN1c1ncc(Br)c(OC)n1. The predicted octanol–water partition coefficient (Wildman–Crippen LogP) is 2.22. The molecule has 1 unspecified atom stereocenters. The minimum atomic E-state index is 0.484. The minimum Gasteiger partial charge on any atom is -0.480 e. The Kier molecular flexibility index (Phi) is 5.39. The van der Waals surface area contributed by atoms with Crippen LogP contribution in [0.3, 0.4) is 0 Å². The molecule has 2 rings (SSSR count). The number of halogens is 1. The third kappa shape index (κ3) is 3.57. The Labute approximate surface area is 122 Å². The second-order valence-corrected chi connectivity index (χ2v) is 5.58. The van der Waals surface area contributed by atoms with Crippen LogP contribution in [-0.4, -0.2) is 42.8 Å². The van der Waals surface area contributed by atoms with Crippen LogP contribution in [0, 0.1) is 0 Å². The van der Waals surface area contributed by atoms with Gasteiger partial charge in [0, 0.05) is 19.1 Å². The van der Waals surface area contributed by atoms with Crippen molar-refractivity contribution in [1.82, 2.24) is 15.3 Å². The first kappa shape index (κ1) is 14.5. The molecule has 1 fully saturated rings. The van der Waals surface area contributed by atoms with Crippen molar-refractivity contribution in [3.05, 3.63) is 10.7 Å². The lowest BCUT2D eigenvalue weighted by atomic mass is 10.2. The topological polar surface area (TPSA) is 50.3 Å². The molecule has 0 bridgehead atoms. The highest BCUT2D eigenvalue weighted by molar-refractivity contribution is 9.10. The van der Waals surface area contributed by atoms with Crippen LogP contribution >= 0.6 is 15.9 Å². The lowest BCUT2D eigenvalue weighted by Crippen LogP contribution is -2.39. The Bertz CT molecular complexity index is 416. The van der Waals surface area contributed by atoms with E-state index < -0.39 is 0 Å². The van der Waals surface area contributed by atoms with E-state index in [1.54, 1.807) is 13.3 Å². The molecule has 2 heterocycles. The summed E-state index contributed by atoms with van der Waals surface area (Å²) in [4.78, 5) is 11.2. The summed E-state index contributed by atoms with van der Waals surface area (Å²) in [5.74, 6) is 1.36. The van der Waals surface area contributed by atoms with E-state index >= 15 is 0 Å². The van der Waals surface area contributed by atoms with Crippen molar-refractivity contribution in [2.24, 2.45) is 0 Å². The van der Waals surface area contributed by atoms with Crippen molar-refractivity contribution < 1.29 is 4.74 Å². The van der Waals surface area contributed by atoms with Crippen molar-refractivity contribution in [2.75, 3.05) is 31.6 Å². The maximum absolute atomic E-state index is 5.24. The van der Waals surface area contributed by atoms with Gasteiger partial charge < -0.3 is 15.0 Å². The molecule has 1 aliphatic heterocycles. The first-order chi connectivity index (χ1) is 9.26. The zero-order valence-corrected chi connectivity index (χ0v) is 13.1. The van der Waals surface area contributed by atoms with E-state index in [0.717, 1.165) is 36.5 Å². The minimum absolute atomic E-state index is 0.484. The Hall–Kier alpha value is -0.880. The lowest BCUT2D eigenvalue weighted by molar-refractivity contribution is 0.393. The van der Waals surface area contributed by atoms with Gasteiger partial charge in [-0.05, 0) is 41.7 Å². The molecule has 1 aromatic heterocycles. The average molecular weight is 329 g/mol. The fraction of sp³-hybridized carbons (Fsp3) is 0.692. The summed E-state index contributed by atoms with van der Waals surface area (Å²) in [6, 6.07) is 0.484. The second kappa shape index (κ2) is 7.05. The van der Waals surface area contributed by atoms with Gasteiger partial charge in [0.2, 0.25) is 11.8 Å². The van der Waals surface area contributed by atoms with Gasteiger partial charge in [-0.25, -0.2) is 4.98 Å². The van der Waals surface area contributed by atoms with E-state index in [0.29, 0.717) is 11.9 Å². The fourth-order valence-corrected chi connectivity index (χ4v) is 2.73. The number of methoxy groups -OCH3 is 1. The van der Waals surface area contributed by atoms with Crippen LogP contribution < -0.4 is 15.0 Å². The molecule has 1 atom stereocenters. The third-order valence-electron chi connectivity index (χ3n) is 3.33. The highest BCUT2D eigenvalue weighted by Crippen LogP contribution is 2.27. The number of aromatic nitrogens is 2. The van der Waals surface area contributed by atoms with Gasteiger partial charge in [-0.1, -0.05) is 6.92 Å². The zero-order valence-electron chi connectivity index (χ0n) is 11.5. The Morgan fingerprint density at radius 1 is 1.58 bits per heavy atom. The molecule has 1 aromatic rings. The maximum Gasteiger partial charge on any atom is 0.232 e. The number of hydrogen-bond acceptors (Lipinski definition) is 5. The fourth-order valence-electron chi connectivity index (χ4n) is 2.38. The first-order valence-corrected chi connectivity index (χ1v) is 7.59. The zero-order chi connectivity index (χ0) is 13.7. The van der Waals surface area contributed by atoms with E-state index in [9.17, 15) is 0 Å². The van der Waals surface area contributed by atoms with Gasteiger partial charge in [0.1, 0.15) is 0 Å². The van der Waals surface area contributed by atoms with Crippen molar-refractivity contribution in [2.45, 2.75) is 32.2 Å². The van der Waals surface area contributed by atoms with Gasteiger partial charge >= 0.3 is 0 Å². The van der Waals surface area contributed by atoms with Crippen molar-refractivity contribution >= 4 is 21.9 Å². The molecular weight excluding hydrogens is 308 g/mol. The van der Waals surface area contributed by atoms with Gasteiger partial charge in [0.05, 0.1) is 17.8 Å². The Morgan fingerprint density at radius 2 is 2.42 bits per heavy atom. The van der Waals surface area contributed by atoms with E-state index in [-0.39, 0.29) is 0 Å². The number of ether oxygens (including phenoxy) is 1. The number of anilines is 1. The van der Waals surface area contributed by atoms with E-state index in [4.69, 9.17) is 4.74 Å². The molecule has 19 heavy (non-hydrogen) atoms.